The van der Waals surface area contributed by atoms with Crippen molar-refractivity contribution in [3.05, 3.63) is 43.5 Å². The summed E-state index contributed by atoms with van der Waals surface area (Å²) in [6.45, 7) is 3.90. The maximum absolute atomic E-state index is 12.2. The SMILES string of the molecule is Cc1nc(C)c(CC(=O)N[C@H]2C[C@H](c3cc(=O)[nH]c(C4CC4)n3)C2)s1. The molecule has 7 heteroatoms. The molecule has 2 saturated carbocycles. The molecule has 25 heavy (non-hydrogen) atoms. The molecule has 0 aromatic carbocycles. The summed E-state index contributed by atoms with van der Waals surface area (Å²) in [5.74, 6) is 1.60. The summed E-state index contributed by atoms with van der Waals surface area (Å²) in [7, 11) is 0. The number of nitrogens with one attached hydrogen (secondary N) is 2. The lowest BCUT2D eigenvalue weighted by molar-refractivity contribution is -0.121. The second-order valence-electron chi connectivity index (χ2n) is 7.18. The molecule has 0 unspecified atom stereocenters. The first-order valence-electron chi connectivity index (χ1n) is 8.81. The number of amides is 1. The van der Waals surface area contributed by atoms with E-state index in [-0.39, 0.29) is 23.4 Å². The highest BCUT2D eigenvalue weighted by Crippen LogP contribution is 2.40. The number of aryl methyl sites for hydroxylation is 2. The van der Waals surface area contributed by atoms with Gasteiger partial charge < -0.3 is 10.3 Å². The first-order valence-corrected chi connectivity index (χ1v) is 9.63. The van der Waals surface area contributed by atoms with Crippen LogP contribution in [0.5, 0.6) is 0 Å². The van der Waals surface area contributed by atoms with Crippen LogP contribution in [0.15, 0.2) is 10.9 Å². The van der Waals surface area contributed by atoms with Gasteiger partial charge in [0, 0.05) is 28.8 Å². The average molecular weight is 358 g/mol. The second kappa shape index (κ2) is 6.37. The lowest BCUT2D eigenvalue weighted by atomic mass is 9.78. The smallest absolute Gasteiger partial charge is 0.251 e. The van der Waals surface area contributed by atoms with Crippen LogP contribution in [0.2, 0.25) is 0 Å². The summed E-state index contributed by atoms with van der Waals surface area (Å²) in [5.41, 5.74) is 1.77. The molecule has 1 amide bonds. The summed E-state index contributed by atoms with van der Waals surface area (Å²) in [6, 6.07) is 1.79. The van der Waals surface area contributed by atoms with Crippen molar-refractivity contribution in [2.45, 2.75) is 63.8 Å². The third-order valence-corrected chi connectivity index (χ3v) is 6.06. The Balaban J connectivity index is 1.32. The van der Waals surface area contributed by atoms with E-state index in [1.165, 1.54) is 0 Å². The van der Waals surface area contributed by atoms with Crippen molar-refractivity contribution in [3.8, 4) is 0 Å². The number of thiazole rings is 1. The van der Waals surface area contributed by atoms with Crippen LogP contribution in [0, 0.1) is 13.8 Å². The first kappa shape index (κ1) is 16.4. The van der Waals surface area contributed by atoms with Gasteiger partial charge in [-0.25, -0.2) is 9.97 Å². The number of H-pyrrole nitrogens is 1. The number of carbonyl (C=O) groups excluding carboxylic acids is 1. The molecule has 2 aromatic rings. The molecule has 6 nitrogen and oxygen atoms in total. The predicted octanol–water partition coefficient (Wildman–Crippen LogP) is 2.33. The van der Waals surface area contributed by atoms with Crippen molar-refractivity contribution < 1.29 is 4.79 Å². The van der Waals surface area contributed by atoms with Crippen LogP contribution in [-0.4, -0.2) is 26.9 Å². The summed E-state index contributed by atoms with van der Waals surface area (Å²) < 4.78 is 0. The van der Waals surface area contributed by atoms with E-state index in [2.05, 4.69) is 20.3 Å². The molecular weight excluding hydrogens is 336 g/mol. The monoisotopic (exact) mass is 358 g/mol. The van der Waals surface area contributed by atoms with Crippen LogP contribution in [0.25, 0.3) is 0 Å². The van der Waals surface area contributed by atoms with Crippen LogP contribution < -0.4 is 10.9 Å². The Morgan fingerprint density at radius 2 is 2.04 bits per heavy atom. The van der Waals surface area contributed by atoms with Crippen molar-refractivity contribution in [3.63, 3.8) is 0 Å². The predicted molar refractivity (Wildman–Crippen MR) is 96.0 cm³/mol. The van der Waals surface area contributed by atoms with Crippen LogP contribution >= 0.6 is 11.3 Å². The molecule has 4 rings (SSSR count). The highest BCUT2D eigenvalue weighted by molar-refractivity contribution is 7.11. The van der Waals surface area contributed by atoms with E-state index in [0.717, 1.165) is 52.8 Å². The largest absolute Gasteiger partial charge is 0.353 e. The van der Waals surface area contributed by atoms with Crippen molar-refractivity contribution in [2.75, 3.05) is 0 Å². The maximum Gasteiger partial charge on any atom is 0.251 e. The Morgan fingerprint density at radius 1 is 1.28 bits per heavy atom. The normalized spacial score (nSPS) is 22.5. The van der Waals surface area contributed by atoms with E-state index < -0.39 is 0 Å². The zero-order chi connectivity index (χ0) is 17.6. The Bertz CT molecular complexity index is 862. The van der Waals surface area contributed by atoms with E-state index in [1.807, 2.05) is 13.8 Å². The van der Waals surface area contributed by atoms with Crippen LogP contribution in [0.4, 0.5) is 0 Å². The van der Waals surface area contributed by atoms with E-state index in [9.17, 15) is 9.59 Å². The lowest BCUT2D eigenvalue weighted by Crippen LogP contribution is -2.44. The number of nitrogens with zero attached hydrogens (tertiary/aromatic N) is 2. The molecule has 0 spiro atoms. The minimum absolute atomic E-state index is 0.0488. The number of rotatable bonds is 5. The number of hydrogen-bond donors (Lipinski definition) is 2. The lowest BCUT2D eigenvalue weighted by Gasteiger charge is -2.35. The van der Waals surface area contributed by atoms with E-state index in [0.29, 0.717) is 12.3 Å². The number of hydrogen-bond acceptors (Lipinski definition) is 5. The quantitative estimate of drug-likeness (QED) is 0.859. The summed E-state index contributed by atoms with van der Waals surface area (Å²) >= 11 is 1.58. The molecule has 2 aliphatic carbocycles. The topological polar surface area (TPSA) is 87.7 Å². The molecule has 0 atom stereocenters. The molecule has 0 aliphatic heterocycles. The van der Waals surface area contributed by atoms with E-state index in [1.54, 1.807) is 17.4 Å². The Morgan fingerprint density at radius 3 is 2.68 bits per heavy atom. The molecule has 0 bridgehead atoms. The molecule has 132 valence electrons. The van der Waals surface area contributed by atoms with Crippen molar-refractivity contribution >= 4 is 17.2 Å². The zero-order valence-corrected chi connectivity index (χ0v) is 15.3. The molecule has 2 fully saturated rings. The molecule has 2 heterocycles. The van der Waals surface area contributed by atoms with Gasteiger partial charge in [0.05, 0.1) is 22.8 Å². The highest BCUT2D eigenvalue weighted by atomic mass is 32.1. The maximum atomic E-state index is 12.2. The average Bonchev–Trinajstić information content (AvgIpc) is 3.29. The number of carbonyl (C=O) groups is 1. The fourth-order valence-corrected chi connectivity index (χ4v) is 4.33. The van der Waals surface area contributed by atoms with Gasteiger partial charge >= 0.3 is 0 Å². The molecule has 2 N–H and O–H groups in total. The van der Waals surface area contributed by atoms with Crippen molar-refractivity contribution in [1.82, 2.24) is 20.3 Å². The van der Waals surface area contributed by atoms with E-state index in [4.69, 9.17) is 0 Å². The van der Waals surface area contributed by atoms with Gasteiger partial charge in [-0.2, -0.15) is 0 Å². The fourth-order valence-electron chi connectivity index (χ4n) is 3.39. The van der Waals surface area contributed by atoms with E-state index >= 15 is 0 Å². The Kier molecular flexibility index (Phi) is 4.19. The third-order valence-electron chi connectivity index (χ3n) is 4.99. The molecule has 2 aliphatic rings. The van der Waals surface area contributed by atoms with Gasteiger partial charge in [0.15, 0.2) is 0 Å². The first-order chi connectivity index (χ1) is 12.0. The summed E-state index contributed by atoms with van der Waals surface area (Å²) in [5, 5.41) is 4.09. The Labute approximate surface area is 150 Å². The molecule has 2 aromatic heterocycles. The van der Waals surface area contributed by atoms with Crippen LogP contribution in [-0.2, 0) is 11.2 Å². The van der Waals surface area contributed by atoms with Crippen molar-refractivity contribution in [1.29, 1.82) is 0 Å². The van der Waals surface area contributed by atoms with Gasteiger partial charge in [0.1, 0.15) is 5.82 Å². The standard InChI is InChI=1S/C18H22N4O2S/c1-9-15(25-10(2)19-9)8-17(24)20-13-5-12(6-13)14-7-16(23)22-18(21-14)11-3-4-11/h7,11-13H,3-6,8H2,1-2H3,(H,20,24)(H,21,22,23)/t12-,13-. The van der Waals surface area contributed by atoms with Crippen LogP contribution in [0.1, 0.15) is 64.6 Å². The number of aromatic amines is 1. The van der Waals surface area contributed by atoms with Gasteiger partial charge in [0.25, 0.3) is 5.56 Å². The van der Waals surface area contributed by atoms with Crippen LogP contribution in [0.3, 0.4) is 0 Å². The van der Waals surface area contributed by atoms with Gasteiger partial charge in [-0.3, -0.25) is 9.59 Å². The fraction of sp³-hybridized carbons (Fsp3) is 0.556. The van der Waals surface area contributed by atoms with Gasteiger partial charge in [-0.05, 0) is 39.5 Å². The number of aromatic nitrogens is 3. The zero-order valence-electron chi connectivity index (χ0n) is 14.5. The molecular formula is C18H22N4O2S. The third kappa shape index (κ3) is 3.66. The second-order valence-corrected chi connectivity index (χ2v) is 8.47. The minimum atomic E-state index is -0.0598. The summed E-state index contributed by atoms with van der Waals surface area (Å²) in [4.78, 5) is 36.9. The molecule has 0 radical (unpaired) electrons. The van der Waals surface area contributed by atoms with Crippen molar-refractivity contribution in [2.24, 2.45) is 0 Å². The minimum Gasteiger partial charge on any atom is -0.353 e. The van der Waals surface area contributed by atoms with Gasteiger partial charge in [-0.15, -0.1) is 11.3 Å². The molecule has 0 saturated heterocycles. The highest BCUT2D eigenvalue weighted by Gasteiger charge is 2.34. The van der Waals surface area contributed by atoms with Gasteiger partial charge in [0.2, 0.25) is 5.91 Å². The Hall–Kier alpha value is -2.02. The van der Waals surface area contributed by atoms with Gasteiger partial charge in [-0.1, -0.05) is 0 Å². The summed E-state index contributed by atoms with van der Waals surface area (Å²) in [6.07, 6.45) is 4.34.